The summed E-state index contributed by atoms with van der Waals surface area (Å²) in [5.74, 6) is 1.05. The molecule has 2 heteroatoms. The zero-order valence-electron chi connectivity index (χ0n) is 14.8. The molecule has 1 aliphatic carbocycles. The molecule has 1 aromatic rings. The monoisotopic (exact) mass is 315 g/mol. The van der Waals surface area contributed by atoms with Crippen molar-refractivity contribution in [2.24, 2.45) is 0 Å². The summed E-state index contributed by atoms with van der Waals surface area (Å²) in [5, 5.41) is 3.58. The minimum absolute atomic E-state index is 0.837. The van der Waals surface area contributed by atoms with E-state index in [1.165, 1.54) is 56.9 Å². The van der Waals surface area contributed by atoms with Gasteiger partial charge in [0.25, 0.3) is 0 Å². The van der Waals surface area contributed by atoms with Gasteiger partial charge in [-0.15, -0.1) is 0 Å². The van der Waals surface area contributed by atoms with Gasteiger partial charge in [0.15, 0.2) is 0 Å². The highest BCUT2D eigenvalue weighted by molar-refractivity contribution is 5.33. The Labute approximate surface area is 142 Å². The molecule has 0 heterocycles. The Hall–Kier alpha value is -1.28. The van der Waals surface area contributed by atoms with Crippen molar-refractivity contribution >= 4 is 0 Å². The van der Waals surface area contributed by atoms with Crippen LogP contribution in [0.1, 0.15) is 70.3 Å². The van der Waals surface area contributed by atoms with Crippen LogP contribution >= 0.6 is 0 Å². The second kappa shape index (κ2) is 11.3. The van der Waals surface area contributed by atoms with Crippen LogP contribution in [-0.2, 0) is 6.54 Å². The zero-order chi connectivity index (χ0) is 16.2. The molecular weight excluding hydrogens is 282 g/mol. The van der Waals surface area contributed by atoms with E-state index in [4.69, 9.17) is 4.74 Å². The van der Waals surface area contributed by atoms with Crippen molar-refractivity contribution in [2.75, 3.05) is 13.2 Å². The van der Waals surface area contributed by atoms with Gasteiger partial charge in [0.1, 0.15) is 5.75 Å². The third kappa shape index (κ3) is 7.22. The van der Waals surface area contributed by atoms with Crippen molar-refractivity contribution in [3.05, 3.63) is 41.5 Å². The molecule has 0 amide bonds. The lowest BCUT2D eigenvalue weighted by molar-refractivity contribution is 0.301. The molecule has 0 saturated heterocycles. The Kier molecular flexibility index (Phi) is 8.86. The van der Waals surface area contributed by atoms with Gasteiger partial charge in [-0.3, -0.25) is 0 Å². The summed E-state index contributed by atoms with van der Waals surface area (Å²) in [6.07, 6.45) is 14.0. The van der Waals surface area contributed by atoms with Gasteiger partial charge in [-0.2, -0.15) is 0 Å². The summed E-state index contributed by atoms with van der Waals surface area (Å²) in [4.78, 5) is 0. The van der Waals surface area contributed by atoms with Crippen LogP contribution in [0, 0.1) is 0 Å². The van der Waals surface area contributed by atoms with E-state index in [0.29, 0.717) is 0 Å². The summed E-state index contributed by atoms with van der Waals surface area (Å²) < 4.78 is 5.98. The SMILES string of the molecule is CCCCCCOc1ccccc1CNCCC1=CCCCC1. The Balaban J connectivity index is 1.68. The van der Waals surface area contributed by atoms with E-state index in [9.17, 15) is 0 Å². The van der Waals surface area contributed by atoms with Gasteiger partial charge < -0.3 is 10.1 Å². The Morgan fingerprint density at radius 2 is 2.00 bits per heavy atom. The minimum atomic E-state index is 0.837. The molecule has 0 fully saturated rings. The van der Waals surface area contributed by atoms with Crippen LogP contribution in [-0.4, -0.2) is 13.2 Å². The lowest BCUT2D eigenvalue weighted by atomic mass is 9.97. The number of nitrogens with one attached hydrogen (secondary N) is 1. The van der Waals surface area contributed by atoms with E-state index >= 15 is 0 Å². The van der Waals surface area contributed by atoms with Crippen LogP contribution in [0.25, 0.3) is 0 Å². The fourth-order valence-corrected chi connectivity index (χ4v) is 3.11. The number of rotatable bonds is 11. The molecule has 0 bridgehead atoms. The van der Waals surface area contributed by atoms with Crippen LogP contribution in [0.5, 0.6) is 5.75 Å². The molecule has 1 aliphatic rings. The molecule has 23 heavy (non-hydrogen) atoms. The van der Waals surface area contributed by atoms with Gasteiger partial charge in [0.05, 0.1) is 6.61 Å². The standard InChI is InChI=1S/C21H33NO/c1-2-3-4-10-17-23-21-14-9-8-13-20(21)18-22-16-15-19-11-6-5-7-12-19/h8-9,11,13-14,22H,2-7,10,12,15-18H2,1H3. The molecule has 0 radical (unpaired) electrons. The number of benzene rings is 1. The van der Waals surface area contributed by atoms with E-state index in [-0.39, 0.29) is 0 Å². The Bertz CT molecular complexity index is 467. The molecule has 0 atom stereocenters. The topological polar surface area (TPSA) is 21.3 Å². The number of hydrogen-bond acceptors (Lipinski definition) is 2. The van der Waals surface area contributed by atoms with Crippen molar-refractivity contribution < 1.29 is 4.74 Å². The van der Waals surface area contributed by atoms with Gasteiger partial charge in [-0.25, -0.2) is 0 Å². The normalized spacial score (nSPS) is 14.6. The molecule has 1 N–H and O–H groups in total. The van der Waals surface area contributed by atoms with Gasteiger partial charge >= 0.3 is 0 Å². The molecule has 0 spiro atoms. The maximum Gasteiger partial charge on any atom is 0.123 e. The first-order chi connectivity index (χ1) is 11.4. The van der Waals surface area contributed by atoms with Crippen LogP contribution in [0.3, 0.4) is 0 Å². The van der Waals surface area contributed by atoms with Crippen molar-refractivity contribution in [1.82, 2.24) is 5.32 Å². The second-order valence-corrected chi connectivity index (χ2v) is 6.55. The van der Waals surface area contributed by atoms with Crippen molar-refractivity contribution in [1.29, 1.82) is 0 Å². The molecule has 2 rings (SSSR count). The number of para-hydroxylation sites is 1. The summed E-state index contributed by atoms with van der Waals surface area (Å²) in [5.41, 5.74) is 2.92. The molecular formula is C21H33NO. The van der Waals surface area contributed by atoms with Gasteiger partial charge in [-0.1, -0.05) is 56.0 Å². The van der Waals surface area contributed by atoms with Crippen LogP contribution < -0.4 is 10.1 Å². The molecule has 0 saturated carbocycles. The first kappa shape index (κ1) is 18.1. The van der Waals surface area contributed by atoms with Crippen LogP contribution in [0.15, 0.2) is 35.9 Å². The summed E-state index contributed by atoms with van der Waals surface area (Å²) >= 11 is 0. The quantitative estimate of drug-likeness (QED) is 0.422. The highest BCUT2D eigenvalue weighted by Gasteiger charge is 2.05. The third-order valence-electron chi connectivity index (χ3n) is 4.55. The second-order valence-electron chi connectivity index (χ2n) is 6.55. The molecule has 1 aromatic carbocycles. The summed E-state index contributed by atoms with van der Waals surface area (Å²) in [6.45, 7) is 5.05. The average Bonchev–Trinajstić information content (AvgIpc) is 2.60. The maximum atomic E-state index is 5.98. The number of ether oxygens (including phenoxy) is 1. The molecule has 128 valence electrons. The van der Waals surface area contributed by atoms with Crippen molar-refractivity contribution in [3.63, 3.8) is 0 Å². The number of allylic oxidation sites excluding steroid dienone is 1. The fraction of sp³-hybridized carbons (Fsp3) is 0.619. The zero-order valence-corrected chi connectivity index (χ0v) is 14.8. The van der Waals surface area contributed by atoms with Gasteiger partial charge in [0, 0.05) is 12.1 Å². The molecule has 0 aliphatic heterocycles. The first-order valence-electron chi connectivity index (χ1n) is 9.49. The van der Waals surface area contributed by atoms with E-state index in [1.807, 2.05) is 0 Å². The fourth-order valence-electron chi connectivity index (χ4n) is 3.11. The molecule has 2 nitrogen and oxygen atoms in total. The van der Waals surface area contributed by atoms with Crippen molar-refractivity contribution in [2.45, 2.75) is 71.3 Å². The highest BCUT2D eigenvalue weighted by atomic mass is 16.5. The third-order valence-corrected chi connectivity index (χ3v) is 4.55. The smallest absolute Gasteiger partial charge is 0.123 e. The maximum absolute atomic E-state index is 5.98. The van der Waals surface area contributed by atoms with Crippen LogP contribution in [0.2, 0.25) is 0 Å². The lowest BCUT2D eigenvalue weighted by Gasteiger charge is -2.14. The first-order valence-corrected chi connectivity index (χ1v) is 9.49. The number of unbranched alkanes of at least 4 members (excludes halogenated alkanes) is 3. The molecule has 0 unspecified atom stereocenters. The average molecular weight is 316 g/mol. The minimum Gasteiger partial charge on any atom is -0.493 e. The molecule has 0 aromatic heterocycles. The summed E-state index contributed by atoms with van der Waals surface area (Å²) in [7, 11) is 0. The van der Waals surface area contributed by atoms with Gasteiger partial charge in [0.2, 0.25) is 0 Å². The van der Waals surface area contributed by atoms with E-state index in [2.05, 4.69) is 42.6 Å². The predicted molar refractivity (Wildman–Crippen MR) is 99.0 cm³/mol. The highest BCUT2D eigenvalue weighted by Crippen LogP contribution is 2.20. The largest absolute Gasteiger partial charge is 0.493 e. The van der Waals surface area contributed by atoms with Crippen LogP contribution in [0.4, 0.5) is 0 Å². The predicted octanol–water partition coefficient (Wildman–Crippen LogP) is 5.63. The van der Waals surface area contributed by atoms with E-state index in [0.717, 1.165) is 31.9 Å². The summed E-state index contributed by atoms with van der Waals surface area (Å²) in [6, 6.07) is 8.44. The lowest BCUT2D eigenvalue weighted by Crippen LogP contribution is -2.16. The Morgan fingerprint density at radius 1 is 1.09 bits per heavy atom. The Morgan fingerprint density at radius 3 is 2.83 bits per heavy atom. The van der Waals surface area contributed by atoms with E-state index in [1.54, 1.807) is 5.57 Å². The number of hydrogen-bond donors (Lipinski definition) is 1. The van der Waals surface area contributed by atoms with E-state index < -0.39 is 0 Å². The van der Waals surface area contributed by atoms with Crippen molar-refractivity contribution in [3.8, 4) is 5.75 Å². The van der Waals surface area contributed by atoms with Gasteiger partial charge in [-0.05, 0) is 51.1 Å².